The average molecular weight is 323 g/mol. The Morgan fingerprint density at radius 3 is 2.61 bits per heavy atom. The number of rotatable bonds is 5. The molecule has 0 aromatic heterocycles. The Bertz CT molecular complexity index is 605. The molecule has 0 saturated carbocycles. The molecular formula is C15H21N3O5. The molecule has 8 heteroatoms. The van der Waals surface area contributed by atoms with E-state index in [1.807, 2.05) is 10.2 Å². The largest absolute Gasteiger partial charge is 0.496 e. The van der Waals surface area contributed by atoms with Gasteiger partial charge < -0.3 is 20.3 Å². The first-order valence-corrected chi connectivity index (χ1v) is 7.19. The third-order valence-corrected chi connectivity index (χ3v) is 3.78. The number of carbonyl (C=O) groups is 2. The van der Waals surface area contributed by atoms with Gasteiger partial charge in [-0.2, -0.15) is 0 Å². The van der Waals surface area contributed by atoms with E-state index in [9.17, 15) is 14.7 Å². The smallest absolute Gasteiger partial charge is 0.318 e. The maximum absolute atomic E-state index is 11.5. The van der Waals surface area contributed by atoms with Gasteiger partial charge in [-0.25, -0.2) is 4.79 Å². The van der Waals surface area contributed by atoms with Crippen LogP contribution in [0.15, 0.2) is 12.1 Å². The van der Waals surface area contributed by atoms with Crippen LogP contribution in [-0.4, -0.2) is 49.3 Å². The van der Waals surface area contributed by atoms with Crippen LogP contribution < -0.4 is 20.5 Å². The number of carbonyl (C=O) groups excluding carboxylic acids is 2. The Hall–Kier alpha value is -2.32. The number of fused-ring (bicyclic) bond motifs is 1. The van der Waals surface area contributed by atoms with Gasteiger partial charge in [-0.05, 0) is 12.1 Å². The molecule has 126 valence electrons. The number of ether oxygens (including phenoxy) is 2. The minimum Gasteiger partial charge on any atom is -0.496 e. The lowest BCUT2D eigenvalue weighted by atomic mass is 9.95. The minimum atomic E-state index is -0.870. The summed E-state index contributed by atoms with van der Waals surface area (Å²) in [4.78, 5) is 24.1. The van der Waals surface area contributed by atoms with Gasteiger partial charge in [-0.1, -0.05) is 0 Å². The van der Waals surface area contributed by atoms with Gasteiger partial charge in [0, 0.05) is 37.2 Å². The van der Waals surface area contributed by atoms with Gasteiger partial charge in [0.15, 0.2) is 0 Å². The minimum absolute atomic E-state index is 0.108. The van der Waals surface area contributed by atoms with E-state index in [1.54, 1.807) is 26.4 Å². The Morgan fingerprint density at radius 2 is 2.00 bits per heavy atom. The first-order chi connectivity index (χ1) is 11.0. The molecule has 8 nitrogen and oxygen atoms in total. The van der Waals surface area contributed by atoms with Crippen LogP contribution in [0.3, 0.4) is 0 Å². The highest BCUT2D eigenvalue weighted by atomic mass is 16.5. The normalized spacial score (nSPS) is 17.3. The summed E-state index contributed by atoms with van der Waals surface area (Å²) in [6.45, 7) is 1.26. The van der Waals surface area contributed by atoms with Gasteiger partial charge in [0.05, 0.1) is 20.3 Å². The summed E-state index contributed by atoms with van der Waals surface area (Å²) < 4.78 is 10.7. The molecule has 4 N–H and O–H groups in total. The fourth-order valence-electron chi connectivity index (χ4n) is 2.77. The van der Waals surface area contributed by atoms with E-state index in [0.29, 0.717) is 36.7 Å². The van der Waals surface area contributed by atoms with Crippen LogP contribution in [0.2, 0.25) is 0 Å². The molecule has 0 spiro atoms. The van der Waals surface area contributed by atoms with E-state index in [0.717, 1.165) is 5.56 Å². The highest BCUT2D eigenvalue weighted by Gasteiger charge is 2.29. The van der Waals surface area contributed by atoms with Gasteiger partial charge in [0.25, 0.3) is 0 Å². The highest BCUT2D eigenvalue weighted by Crippen LogP contribution is 2.39. The van der Waals surface area contributed by atoms with Crippen molar-refractivity contribution in [2.75, 3.05) is 27.3 Å². The fraction of sp³-hybridized carbons (Fsp3) is 0.467. The van der Waals surface area contributed by atoms with E-state index in [1.165, 1.54) is 0 Å². The number of nitrogens with two attached hydrogens (primary N) is 1. The zero-order valence-electron chi connectivity index (χ0n) is 13.2. The zero-order valence-corrected chi connectivity index (χ0v) is 13.2. The van der Waals surface area contributed by atoms with Crippen LogP contribution in [0.25, 0.3) is 0 Å². The number of amides is 3. The quantitative estimate of drug-likeness (QED) is 0.710. The molecule has 1 aliphatic heterocycles. The summed E-state index contributed by atoms with van der Waals surface area (Å²) in [6, 6.07) is 2.68. The molecule has 0 fully saturated rings. The van der Waals surface area contributed by atoms with Crippen LogP contribution in [0.5, 0.6) is 11.5 Å². The number of nitrogens with one attached hydrogen (secondary N) is 1. The number of aliphatic hydroxyl groups excluding tert-OH is 1. The summed E-state index contributed by atoms with van der Waals surface area (Å²) in [5.74, 6) is 0.820. The average Bonchev–Trinajstić information content (AvgIpc) is 2.51. The molecule has 1 heterocycles. The molecule has 0 bridgehead atoms. The molecule has 1 atom stereocenters. The summed E-state index contributed by atoms with van der Waals surface area (Å²) in [6.07, 6.45) is -0.639. The molecular weight excluding hydrogens is 302 g/mol. The van der Waals surface area contributed by atoms with Crippen LogP contribution in [0.1, 0.15) is 23.7 Å². The Labute approximate surface area is 134 Å². The molecule has 23 heavy (non-hydrogen) atoms. The molecule has 1 aromatic rings. The van der Waals surface area contributed by atoms with Crippen molar-refractivity contribution >= 4 is 11.9 Å². The van der Waals surface area contributed by atoms with Gasteiger partial charge >= 0.3 is 6.03 Å². The molecule has 0 radical (unpaired) electrons. The van der Waals surface area contributed by atoms with Crippen LogP contribution in [0.4, 0.5) is 4.79 Å². The number of urea groups is 1. The summed E-state index contributed by atoms with van der Waals surface area (Å²) in [5.41, 5.74) is 6.45. The fourth-order valence-corrected chi connectivity index (χ4v) is 2.77. The van der Waals surface area contributed by atoms with Crippen LogP contribution in [0, 0.1) is 0 Å². The second-order valence-electron chi connectivity index (χ2n) is 5.28. The number of primary amides is 1. The van der Waals surface area contributed by atoms with Crippen molar-refractivity contribution < 1.29 is 24.2 Å². The number of hydrogen-bond acceptors (Lipinski definition) is 6. The van der Waals surface area contributed by atoms with E-state index in [-0.39, 0.29) is 6.42 Å². The topological polar surface area (TPSA) is 114 Å². The van der Waals surface area contributed by atoms with Gasteiger partial charge in [-0.15, -0.1) is 0 Å². The number of imide groups is 1. The second-order valence-corrected chi connectivity index (χ2v) is 5.28. The third kappa shape index (κ3) is 3.91. The third-order valence-electron chi connectivity index (χ3n) is 3.78. The lowest BCUT2D eigenvalue weighted by molar-refractivity contribution is -0.120. The van der Waals surface area contributed by atoms with Crippen molar-refractivity contribution in [2.24, 2.45) is 5.73 Å². The molecule has 1 aromatic carbocycles. The Balaban J connectivity index is 2.13. The maximum Gasteiger partial charge on any atom is 0.318 e. The van der Waals surface area contributed by atoms with Gasteiger partial charge in [0.2, 0.25) is 5.91 Å². The zero-order chi connectivity index (χ0) is 17.0. The highest BCUT2D eigenvalue weighted by molar-refractivity contribution is 5.93. The van der Waals surface area contributed by atoms with Crippen molar-refractivity contribution in [1.82, 2.24) is 10.2 Å². The predicted octanol–water partition coefficient (Wildman–Crippen LogP) is 0.138. The lowest BCUT2D eigenvalue weighted by Crippen LogP contribution is -2.39. The SMILES string of the molecule is COc1ccc(OC)c2c1CN(CCC(=O)NC(N)=O)C[C@H]2O. The first-order valence-electron chi connectivity index (χ1n) is 7.19. The van der Waals surface area contributed by atoms with Crippen LogP contribution >= 0.6 is 0 Å². The molecule has 1 aliphatic rings. The maximum atomic E-state index is 11.5. The molecule has 0 unspecified atom stereocenters. The van der Waals surface area contributed by atoms with Crippen molar-refractivity contribution in [1.29, 1.82) is 0 Å². The first kappa shape index (κ1) is 17.0. The summed E-state index contributed by atoms with van der Waals surface area (Å²) >= 11 is 0. The monoisotopic (exact) mass is 323 g/mol. The van der Waals surface area contributed by atoms with E-state index in [4.69, 9.17) is 15.2 Å². The number of β-amino-alcohol motifs (C(OH)–C–C–N with tert-alkyl or cyclic N) is 1. The van der Waals surface area contributed by atoms with Crippen molar-refractivity contribution in [2.45, 2.75) is 19.1 Å². The number of hydrogen-bond donors (Lipinski definition) is 3. The Morgan fingerprint density at radius 1 is 1.35 bits per heavy atom. The molecule has 0 aliphatic carbocycles. The van der Waals surface area contributed by atoms with E-state index < -0.39 is 18.0 Å². The van der Waals surface area contributed by atoms with Crippen LogP contribution in [-0.2, 0) is 11.3 Å². The van der Waals surface area contributed by atoms with Gasteiger partial charge in [0.1, 0.15) is 11.5 Å². The number of nitrogens with zero attached hydrogens (tertiary/aromatic N) is 1. The van der Waals surface area contributed by atoms with E-state index in [2.05, 4.69) is 0 Å². The number of benzene rings is 1. The molecule has 3 amide bonds. The van der Waals surface area contributed by atoms with Crippen molar-refractivity contribution in [3.05, 3.63) is 23.3 Å². The summed E-state index contributed by atoms with van der Waals surface area (Å²) in [5, 5.41) is 12.4. The summed E-state index contributed by atoms with van der Waals surface area (Å²) in [7, 11) is 3.11. The number of methoxy groups -OCH3 is 2. The second kappa shape index (κ2) is 7.30. The number of aliphatic hydroxyl groups is 1. The standard InChI is InChI=1S/C15H21N3O5/c1-22-11-3-4-12(23-2)14-9(11)7-18(8-10(14)19)6-5-13(20)17-15(16)21/h3-4,10,19H,5-8H2,1-2H3,(H3,16,17,20,21)/t10-/m1/s1. The molecule has 2 rings (SSSR count). The lowest BCUT2D eigenvalue weighted by Gasteiger charge is -2.33. The van der Waals surface area contributed by atoms with E-state index >= 15 is 0 Å². The van der Waals surface area contributed by atoms with Crippen molar-refractivity contribution in [3.63, 3.8) is 0 Å². The van der Waals surface area contributed by atoms with Gasteiger partial charge in [-0.3, -0.25) is 15.0 Å². The molecule has 0 saturated heterocycles. The predicted molar refractivity (Wildman–Crippen MR) is 82.1 cm³/mol. The Kier molecular flexibility index (Phi) is 5.41. The van der Waals surface area contributed by atoms with Crippen molar-refractivity contribution in [3.8, 4) is 11.5 Å².